The molecule has 1 aliphatic carbocycles. The molecule has 14 heavy (non-hydrogen) atoms. The largest absolute Gasteiger partial charge is 0.392 e. The maximum Gasteiger partial charge on any atom is 0.0693 e. The fourth-order valence-electron chi connectivity index (χ4n) is 2.39. The normalized spacial score (nSPS) is 37.1. The van der Waals surface area contributed by atoms with E-state index >= 15 is 0 Å². The SMILES string of the molecule is CC1C(O)CCCN1CC1(CS)CC1. The first-order chi connectivity index (χ1) is 6.67. The smallest absolute Gasteiger partial charge is 0.0693 e. The van der Waals surface area contributed by atoms with Crippen LogP contribution < -0.4 is 0 Å². The number of thiol groups is 1. The van der Waals surface area contributed by atoms with Crippen molar-refractivity contribution in [3.8, 4) is 0 Å². The third kappa shape index (κ3) is 2.10. The summed E-state index contributed by atoms with van der Waals surface area (Å²) in [5.74, 6) is 1.01. The predicted octanol–water partition coefficient (Wildman–Crippen LogP) is 1.54. The van der Waals surface area contributed by atoms with E-state index in [-0.39, 0.29) is 6.10 Å². The Kier molecular flexibility index (Phi) is 3.10. The Bertz CT molecular complexity index is 205. The highest BCUT2D eigenvalue weighted by atomic mass is 32.1. The van der Waals surface area contributed by atoms with Crippen LogP contribution in [0.2, 0.25) is 0 Å². The minimum absolute atomic E-state index is 0.112. The molecule has 0 spiro atoms. The molecule has 1 aliphatic heterocycles. The van der Waals surface area contributed by atoms with Gasteiger partial charge in [0.1, 0.15) is 0 Å². The number of aliphatic hydroxyl groups excluding tert-OH is 1. The maximum atomic E-state index is 9.78. The monoisotopic (exact) mass is 215 g/mol. The highest BCUT2D eigenvalue weighted by Gasteiger charge is 2.44. The summed E-state index contributed by atoms with van der Waals surface area (Å²) < 4.78 is 0. The molecule has 1 N–H and O–H groups in total. The van der Waals surface area contributed by atoms with Gasteiger partial charge < -0.3 is 5.11 Å². The van der Waals surface area contributed by atoms with Crippen LogP contribution in [0.15, 0.2) is 0 Å². The van der Waals surface area contributed by atoms with E-state index in [4.69, 9.17) is 0 Å². The van der Waals surface area contributed by atoms with Gasteiger partial charge in [-0.25, -0.2) is 0 Å². The molecule has 0 bridgehead atoms. The van der Waals surface area contributed by atoms with Crippen molar-refractivity contribution in [3.05, 3.63) is 0 Å². The summed E-state index contributed by atoms with van der Waals surface area (Å²) >= 11 is 4.43. The molecule has 0 amide bonds. The molecule has 3 heteroatoms. The Morgan fingerprint density at radius 1 is 1.50 bits per heavy atom. The molecule has 2 aliphatic rings. The number of piperidine rings is 1. The van der Waals surface area contributed by atoms with Gasteiger partial charge in [0.2, 0.25) is 0 Å². The van der Waals surface area contributed by atoms with E-state index in [1.165, 1.54) is 12.8 Å². The molecule has 2 fully saturated rings. The molecule has 0 aromatic carbocycles. The molecule has 2 atom stereocenters. The third-order valence-electron chi connectivity index (χ3n) is 3.91. The minimum atomic E-state index is -0.112. The van der Waals surface area contributed by atoms with Crippen molar-refractivity contribution in [1.82, 2.24) is 4.90 Å². The highest BCUT2D eigenvalue weighted by molar-refractivity contribution is 7.80. The van der Waals surface area contributed by atoms with Crippen LogP contribution in [0, 0.1) is 5.41 Å². The van der Waals surface area contributed by atoms with Crippen LogP contribution in [0.4, 0.5) is 0 Å². The van der Waals surface area contributed by atoms with Gasteiger partial charge in [-0.15, -0.1) is 0 Å². The van der Waals surface area contributed by atoms with Crippen LogP contribution in [0.5, 0.6) is 0 Å². The van der Waals surface area contributed by atoms with Crippen LogP contribution in [0.1, 0.15) is 32.6 Å². The van der Waals surface area contributed by atoms with E-state index in [9.17, 15) is 5.11 Å². The third-order valence-corrected chi connectivity index (χ3v) is 4.58. The van der Waals surface area contributed by atoms with E-state index in [2.05, 4.69) is 24.5 Å². The summed E-state index contributed by atoms with van der Waals surface area (Å²) in [5, 5.41) is 9.78. The van der Waals surface area contributed by atoms with Crippen LogP contribution in [0.25, 0.3) is 0 Å². The van der Waals surface area contributed by atoms with E-state index in [0.29, 0.717) is 11.5 Å². The van der Waals surface area contributed by atoms with Crippen LogP contribution in [-0.2, 0) is 0 Å². The minimum Gasteiger partial charge on any atom is -0.392 e. The lowest BCUT2D eigenvalue weighted by Crippen LogP contribution is -2.48. The van der Waals surface area contributed by atoms with Gasteiger partial charge >= 0.3 is 0 Å². The lowest BCUT2D eigenvalue weighted by atomic mass is 9.98. The Labute approximate surface area is 92.1 Å². The Morgan fingerprint density at radius 3 is 2.79 bits per heavy atom. The zero-order valence-electron chi connectivity index (χ0n) is 8.95. The molecule has 82 valence electrons. The van der Waals surface area contributed by atoms with Gasteiger partial charge in [-0.05, 0) is 50.3 Å². The van der Waals surface area contributed by atoms with Crippen molar-refractivity contribution in [2.75, 3.05) is 18.8 Å². The average molecular weight is 215 g/mol. The molecule has 0 aromatic rings. The Hall–Kier alpha value is 0.270. The van der Waals surface area contributed by atoms with Gasteiger partial charge in [0.25, 0.3) is 0 Å². The molecule has 2 unspecified atom stereocenters. The van der Waals surface area contributed by atoms with Gasteiger partial charge in [0.05, 0.1) is 6.10 Å². The fourth-order valence-corrected chi connectivity index (χ4v) is 2.80. The lowest BCUT2D eigenvalue weighted by Gasteiger charge is -2.38. The Morgan fingerprint density at radius 2 is 2.21 bits per heavy atom. The summed E-state index contributed by atoms with van der Waals surface area (Å²) in [5.41, 5.74) is 0.494. The van der Waals surface area contributed by atoms with E-state index in [1.807, 2.05) is 0 Å². The van der Waals surface area contributed by atoms with Crippen LogP contribution in [-0.4, -0.2) is 41.0 Å². The summed E-state index contributed by atoms with van der Waals surface area (Å²) in [6.07, 6.45) is 4.67. The first-order valence-corrected chi connectivity index (χ1v) is 6.33. The second-order valence-corrected chi connectivity index (χ2v) is 5.39. The van der Waals surface area contributed by atoms with Crippen LogP contribution >= 0.6 is 12.6 Å². The quantitative estimate of drug-likeness (QED) is 0.698. The lowest BCUT2D eigenvalue weighted by molar-refractivity contribution is 0.0116. The molecule has 1 heterocycles. The summed E-state index contributed by atoms with van der Waals surface area (Å²) in [6.45, 7) is 4.46. The van der Waals surface area contributed by atoms with Crippen molar-refractivity contribution in [3.63, 3.8) is 0 Å². The first-order valence-electron chi connectivity index (χ1n) is 5.70. The second kappa shape index (κ2) is 4.03. The fraction of sp³-hybridized carbons (Fsp3) is 1.00. The van der Waals surface area contributed by atoms with Crippen molar-refractivity contribution < 1.29 is 5.11 Å². The molecular formula is C11H21NOS. The first kappa shape index (κ1) is 10.8. The highest BCUT2D eigenvalue weighted by Crippen LogP contribution is 2.47. The number of hydrogen-bond donors (Lipinski definition) is 2. The van der Waals surface area contributed by atoms with Gasteiger partial charge in [0.15, 0.2) is 0 Å². The molecule has 1 saturated heterocycles. The van der Waals surface area contributed by atoms with E-state index in [1.54, 1.807) is 0 Å². The molecule has 1 saturated carbocycles. The molecule has 0 aromatic heterocycles. The zero-order chi connectivity index (χ0) is 10.2. The number of hydrogen-bond acceptors (Lipinski definition) is 3. The summed E-state index contributed by atoms with van der Waals surface area (Å²) in [4.78, 5) is 2.46. The Balaban J connectivity index is 1.90. The van der Waals surface area contributed by atoms with Crippen molar-refractivity contribution in [1.29, 1.82) is 0 Å². The van der Waals surface area contributed by atoms with Gasteiger partial charge in [-0.2, -0.15) is 12.6 Å². The van der Waals surface area contributed by atoms with E-state index < -0.39 is 0 Å². The molecular weight excluding hydrogens is 194 g/mol. The summed E-state index contributed by atoms with van der Waals surface area (Å²) in [7, 11) is 0. The predicted molar refractivity (Wildman–Crippen MR) is 61.8 cm³/mol. The van der Waals surface area contributed by atoms with Gasteiger partial charge in [-0.3, -0.25) is 4.90 Å². The van der Waals surface area contributed by atoms with Crippen molar-refractivity contribution >= 4 is 12.6 Å². The molecule has 0 radical (unpaired) electrons. The topological polar surface area (TPSA) is 23.5 Å². The average Bonchev–Trinajstić information content (AvgIpc) is 2.94. The standard InChI is InChI=1S/C11H21NOS/c1-9-10(13)3-2-6-12(9)7-11(8-14)4-5-11/h9-10,13-14H,2-8H2,1H3. The number of aliphatic hydroxyl groups is 1. The van der Waals surface area contributed by atoms with E-state index in [0.717, 1.165) is 31.7 Å². The number of nitrogens with zero attached hydrogens (tertiary/aromatic N) is 1. The van der Waals surface area contributed by atoms with Gasteiger partial charge in [0, 0.05) is 12.6 Å². The van der Waals surface area contributed by atoms with Crippen molar-refractivity contribution in [2.24, 2.45) is 5.41 Å². The summed E-state index contributed by atoms with van der Waals surface area (Å²) in [6, 6.07) is 0.348. The van der Waals surface area contributed by atoms with Crippen LogP contribution in [0.3, 0.4) is 0 Å². The number of rotatable bonds is 3. The molecule has 2 rings (SSSR count). The second-order valence-electron chi connectivity index (χ2n) is 5.08. The van der Waals surface area contributed by atoms with Gasteiger partial charge in [-0.1, -0.05) is 0 Å². The van der Waals surface area contributed by atoms with Crippen molar-refractivity contribution in [2.45, 2.75) is 44.8 Å². The number of likely N-dealkylation sites (tertiary alicyclic amines) is 1. The molecule has 2 nitrogen and oxygen atoms in total. The zero-order valence-corrected chi connectivity index (χ0v) is 9.84. The maximum absolute atomic E-state index is 9.78.